The number of rotatable bonds is 6. The zero-order chi connectivity index (χ0) is 14.4. The largest absolute Gasteiger partial charge is 0.483 e. The number of carboxylic acid groups (broad SMARTS) is 1. The summed E-state index contributed by atoms with van der Waals surface area (Å²) in [5.41, 5.74) is 0. The molecule has 1 N–H and O–H groups in total. The summed E-state index contributed by atoms with van der Waals surface area (Å²) in [4.78, 5) is 23.3. The van der Waals surface area contributed by atoms with Gasteiger partial charge in [0.05, 0.1) is 10.9 Å². The Hall–Kier alpha value is -1.63. The van der Waals surface area contributed by atoms with Gasteiger partial charge in [0, 0.05) is 13.6 Å². The van der Waals surface area contributed by atoms with Crippen molar-refractivity contribution in [1.29, 1.82) is 0 Å². The molecule has 5 nitrogen and oxygen atoms in total. The summed E-state index contributed by atoms with van der Waals surface area (Å²) in [6.07, 6.45) is -0.123. The van der Waals surface area contributed by atoms with Gasteiger partial charge in [0.25, 0.3) is 5.91 Å². The van der Waals surface area contributed by atoms with E-state index in [2.05, 4.69) is 15.9 Å². The number of carbonyl (C=O) groups excluding carboxylic acids is 1. The lowest BCUT2D eigenvalue weighted by molar-refractivity contribution is -0.138. The van der Waals surface area contributed by atoms with Crippen molar-refractivity contribution in [2.24, 2.45) is 0 Å². The van der Waals surface area contributed by atoms with Crippen LogP contribution in [0.25, 0.3) is 0 Å². The maximum atomic E-state index is 12.8. The highest BCUT2D eigenvalue weighted by Gasteiger charge is 2.12. The second-order valence-corrected chi connectivity index (χ2v) is 4.68. The van der Waals surface area contributed by atoms with Gasteiger partial charge in [0.1, 0.15) is 11.6 Å². The average molecular weight is 334 g/mol. The predicted octanol–water partition coefficient (Wildman–Crippen LogP) is 1.90. The van der Waals surface area contributed by atoms with E-state index in [-0.39, 0.29) is 25.5 Å². The van der Waals surface area contributed by atoms with Crippen molar-refractivity contribution in [2.45, 2.75) is 6.42 Å². The minimum absolute atomic E-state index is 0.113. The molecule has 104 valence electrons. The fraction of sp³-hybridized carbons (Fsp3) is 0.333. The quantitative estimate of drug-likeness (QED) is 0.863. The number of benzene rings is 1. The summed E-state index contributed by atoms with van der Waals surface area (Å²) < 4.78 is 18.5. The summed E-state index contributed by atoms with van der Waals surface area (Å²) in [5, 5.41) is 8.50. The maximum absolute atomic E-state index is 12.8. The molecular weight excluding hydrogens is 321 g/mol. The molecule has 0 saturated carbocycles. The van der Waals surface area contributed by atoms with E-state index >= 15 is 0 Å². The van der Waals surface area contributed by atoms with Crippen molar-refractivity contribution in [3.05, 3.63) is 28.5 Å². The Balaban J connectivity index is 2.47. The molecule has 0 spiro atoms. The van der Waals surface area contributed by atoms with Gasteiger partial charge in [-0.15, -0.1) is 0 Å². The van der Waals surface area contributed by atoms with Crippen molar-refractivity contribution >= 4 is 27.8 Å². The van der Waals surface area contributed by atoms with Crippen LogP contribution < -0.4 is 4.74 Å². The first-order valence-electron chi connectivity index (χ1n) is 5.43. The molecule has 0 saturated heterocycles. The number of amides is 1. The third-order valence-corrected chi connectivity index (χ3v) is 2.95. The van der Waals surface area contributed by atoms with Gasteiger partial charge >= 0.3 is 5.97 Å². The van der Waals surface area contributed by atoms with Crippen LogP contribution in [0.15, 0.2) is 22.7 Å². The Morgan fingerprint density at radius 2 is 2.16 bits per heavy atom. The molecule has 0 bridgehead atoms. The van der Waals surface area contributed by atoms with Crippen LogP contribution in [-0.4, -0.2) is 42.1 Å². The van der Waals surface area contributed by atoms with E-state index in [0.29, 0.717) is 10.2 Å². The van der Waals surface area contributed by atoms with Gasteiger partial charge in [-0.25, -0.2) is 4.39 Å². The number of carboxylic acids is 1. The van der Waals surface area contributed by atoms with Crippen LogP contribution in [0.4, 0.5) is 4.39 Å². The molecule has 7 heteroatoms. The highest BCUT2D eigenvalue weighted by Crippen LogP contribution is 2.25. The first-order valence-corrected chi connectivity index (χ1v) is 6.23. The predicted molar refractivity (Wildman–Crippen MR) is 69.5 cm³/mol. The molecule has 1 rings (SSSR count). The molecule has 1 amide bonds. The number of carbonyl (C=O) groups is 2. The van der Waals surface area contributed by atoms with Crippen LogP contribution in [0.5, 0.6) is 5.75 Å². The fourth-order valence-corrected chi connectivity index (χ4v) is 1.70. The van der Waals surface area contributed by atoms with E-state index in [1.807, 2.05) is 0 Å². The SMILES string of the molecule is CN(CCC(=O)O)C(=O)COc1ccc(F)cc1Br. The minimum atomic E-state index is -0.971. The van der Waals surface area contributed by atoms with E-state index in [1.54, 1.807) is 0 Å². The summed E-state index contributed by atoms with van der Waals surface area (Å²) in [6.45, 7) is -0.123. The van der Waals surface area contributed by atoms with E-state index in [0.717, 1.165) is 0 Å². The molecule has 0 aromatic heterocycles. The smallest absolute Gasteiger partial charge is 0.305 e. The monoisotopic (exact) mass is 333 g/mol. The number of halogens is 2. The first-order chi connectivity index (χ1) is 8.90. The fourth-order valence-electron chi connectivity index (χ4n) is 1.23. The second kappa shape index (κ2) is 7.08. The Morgan fingerprint density at radius 1 is 1.47 bits per heavy atom. The molecule has 0 fully saturated rings. The average Bonchev–Trinajstić information content (AvgIpc) is 2.34. The molecule has 0 atom stereocenters. The summed E-state index contributed by atoms with van der Waals surface area (Å²) in [6, 6.07) is 3.86. The van der Waals surface area contributed by atoms with Gasteiger partial charge in [-0.1, -0.05) is 0 Å². The molecule has 0 aliphatic heterocycles. The molecule has 1 aromatic carbocycles. The number of hydrogen-bond acceptors (Lipinski definition) is 3. The number of hydrogen-bond donors (Lipinski definition) is 1. The summed E-state index contributed by atoms with van der Waals surface area (Å²) in [5.74, 6) is -1.38. The standard InChI is InChI=1S/C12H13BrFNO4/c1-15(5-4-12(17)18)11(16)7-19-10-3-2-8(14)6-9(10)13/h2-3,6H,4-5,7H2,1H3,(H,17,18). The van der Waals surface area contributed by atoms with E-state index in [4.69, 9.17) is 9.84 Å². The van der Waals surface area contributed by atoms with Crippen LogP contribution in [0.3, 0.4) is 0 Å². The van der Waals surface area contributed by atoms with Gasteiger partial charge in [0.2, 0.25) is 0 Å². The zero-order valence-corrected chi connectivity index (χ0v) is 11.8. The molecule has 1 aromatic rings. The molecule has 0 aliphatic carbocycles. The van der Waals surface area contributed by atoms with E-state index in [9.17, 15) is 14.0 Å². The molecule has 19 heavy (non-hydrogen) atoms. The summed E-state index contributed by atoms with van der Waals surface area (Å²) >= 11 is 3.12. The highest BCUT2D eigenvalue weighted by molar-refractivity contribution is 9.10. The third kappa shape index (κ3) is 5.25. The first kappa shape index (κ1) is 15.4. The Bertz CT molecular complexity index is 481. The minimum Gasteiger partial charge on any atom is -0.483 e. The van der Waals surface area contributed by atoms with E-state index < -0.39 is 11.8 Å². The lowest BCUT2D eigenvalue weighted by atomic mass is 10.3. The molecule has 0 unspecified atom stereocenters. The van der Waals surface area contributed by atoms with Crippen LogP contribution in [0.1, 0.15) is 6.42 Å². The highest BCUT2D eigenvalue weighted by atomic mass is 79.9. The lowest BCUT2D eigenvalue weighted by Gasteiger charge is -2.16. The number of nitrogens with zero attached hydrogens (tertiary/aromatic N) is 1. The zero-order valence-electron chi connectivity index (χ0n) is 10.2. The number of likely N-dealkylation sites (N-methyl/N-ethyl adjacent to an activating group) is 1. The Morgan fingerprint density at radius 3 is 2.74 bits per heavy atom. The lowest BCUT2D eigenvalue weighted by Crippen LogP contribution is -2.33. The van der Waals surface area contributed by atoms with Crippen LogP contribution in [0.2, 0.25) is 0 Å². The van der Waals surface area contributed by atoms with Gasteiger partial charge < -0.3 is 14.7 Å². The molecule has 0 radical (unpaired) electrons. The van der Waals surface area contributed by atoms with Crippen molar-refractivity contribution in [1.82, 2.24) is 4.90 Å². The van der Waals surface area contributed by atoms with Crippen molar-refractivity contribution in [3.8, 4) is 5.75 Å². The topological polar surface area (TPSA) is 66.8 Å². The normalized spacial score (nSPS) is 10.1. The molecule has 0 heterocycles. The van der Waals surface area contributed by atoms with Crippen LogP contribution in [0, 0.1) is 5.82 Å². The van der Waals surface area contributed by atoms with Crippen LogP contribution in [-0.2, 0) is 9.59 Å². The van der Waals surface area contributed by atoms with Crippen molar-refractivity contribution in [2.75, 3.05) is 20.2 Å². The van der Waals surface area contributed by atoms with Gasteiger partial charge in [0.15, 0.2) is 6.61 Å². The van der Waals surface area contributed by atoms with Gasteiger partial charge in [-0.05, 0) is 34.1 Å². The molecular formula is C12H13BrFNO4. The van der Waals surface area contributed by atoms with E-state index in [1.165, 1.54) is 30.1 Å². The summed E-state index contributed by atoms with van der Waals surface area (Å²) in [7, 11) is 1.49. The Labute approximate surface area is 118 Å². The second-order valence-electron chi connectivity index (χ2n) is 3.82. The Kier molecular flexibility index (Phi) is 5.75. The third-order valence-electron chi connectivity index (χ3n) is 2.33. The van der Waals surface area contributed by atoms with Crippen LogP contribution >= 0.6 is 15.9 Å². The van der Waals surface area contributed by atoms with Crippen molar-refractivity contribution < 1.29 is 23.8 Å². The maximum Gasteiger partial charge on any atom is 0.305 e. The number of ether oxygens (including phenoxy) is 1. The van der Waals surface area contributed by atoms with Gasteiger partial charge in [-0.2, -0.15) is 0 Å². The van der Waals surface area contributed by atoms with Gasteiger partial charge in [-0.3, -0.25) is 9.59 Å². The van der Waals surface area contributed by atoms with Crippen molar-refractivity contribution in [3.63, 3.8) is 0 Å². The molecule has 0 aliphatic rings. The number of aliphatic carboxylic acids is 1.